The minimum Gasteiger partial charge on any atom is -0.409 e. The number of hydrogen-bond donors (Lipinski definition) is 4. The first kappa shape index (κ1) is 12.5. The topological polar surface area (TPSA) is 99.7 Å². The largest absolute Gasteiger partial charge is 0.409 e. The molecule has 0 bridgehead atoms. The van der Waals surface area contributed by atoms with Gasteiger partial charge in [0, 0.05) is 6.54 Å². The van der Waals surface area contributed by atoms with Crippen molar-refractivity contribution in [1.82, 2.24) is 10.6 Å². The third-order valence-electron chi connectivity index (χ3n) is 1.72. The molecule has 1 atom stereocenters. The Kier molecular flexibility index (Phi) is 6.26. The molecule has 0 aliphatic carbocycles. The summed E-state index contributed by atoms with van der Waals surface area (Å²) in [5, 5.41) is 16.3. The third-order valence-corrected chi connectivity index (χ3v) is 1.72. The van der Waals surface area contributed by atoms with Gasteiger partial charge in [-0.3, -0.25) is 0 Å². The highest BCUT2D eigenvalue weighted by Gasteiger charge is 2.09. The van der Waals surface area contributed by atoms with Crippen molar-refractivity contribution in [1.29, 1.82) is 0 Å². The van der Waals surface area contributed by atoms with Crippen LogP contribution in [0.1, 0.15) is 26.7 Å². The molecule has 5 N–H and O–H groups in total. The molecule has 0 aromatic rings. The average molecular weight is 202 g/mol. The minimum absolute atomic E-state index is 0.0179. The van der Waals surface area contributed by atoms with E-state index >= 15 is 0 Å². The van der Waals surface area contributed by atoms with E-state index in [0.717, 1.165) is 12.8 Å². The lowest BCUT2D eigenvalue weighted by atomic mass is 10.3. The zero-order chi connectivity index (χ0) is 11.0. The van der Waals surface area contributed by atoms with Crippen LogP contribution in [0.2, 0.25) is 0 Å². The van der Waals surface area contributed by atoms with E-state index in [-0.39, 0.29) is 11.9 Å². The Morgan fingerprint density at radius 1 is 1.64 bits per heavy atom. The van der Waals surface area contributed by atoms with Gasteiger partial charge in [0.15, 0.2) is 5.84 Å². The summed E-state index contributed by atoms with van der Waals surface area (Å²) in [6.07, 6.45) is 1.96. The molecule has 0 saturated heterocycles. The Hall–Kier alpha value is -1.46. The van der Waals surface area contributed by atoms with E-state index in [2.05, 4.69) is 15.8 Å². The molecule has 0 rings (SSSR count). The second-order valence-corrected chi connectivity index (χ2v) is 3.00. The second kappa shape index (κ2) is 6.99. The Bertz CT molecular complexity index is 206. The number of unbranched alkanes of at least 4 members (excludes halogenated alkanes) is 1. The zero-order valence-electron chi connectivity index (χ0n) is 8.58. The van der Waals surface area contributed by atoms with Crippen molar-refractivity contribution < 1.29 is 10.0 Å². The summed E-state index contributed by atoms with van der Waals surface area (Å²) in [7, 11) is 0. The maximum Gasteiger partial charge on any atom is 0.315 e. The number of rotatable bonds is 5. The summed E-state index contributed by atoms with van der Waals surface area (Å²) in [5.41, 5.74) is 5.28. The van der Waals surface area contributed by atoms with Crippen molar-refractivity contribution in [3.63, 3.8) is 0 Å². The summed E-state index contributed by atoms with van der Waals surface area (Å²) >= 11 is 0. The monoisotopic (exact) mass is 202 g/mol. The van der Waals surface area contributed by atoms with Crippen LogP contribution in [-0.2, 0) is 0 Å². The van der Waals surface area contributed by atoms with Gasteiger partial charge in [-0.2, -0.15) is 0 Å². The lowest BCUT2D eigenvalue weighted by Crippen LogP contribution is -2.47. The maximum atomic E-state index is 11.1. The summed E-state index contributed by atoms with van der Waals surface area (Å²) in [6, 6.07) is -0.779. The number of urea groups is 1. The van der Waals surface area contributed by atoms with Gasteiger partial charge >= 0.3 is 6.03 Å². The molecule has 0 heterocycles. The number of amidine groups is 1. The van der Waals surface area contributed by atoms with Gasteiger partial charge in [-0.25, -0.2) is 4.79 Å². The SMILES string of the molecule is CCCCNC(=O)NC(C)/C(N)=N/O. The van der Waals surface area contributed by atoms with Crippen LogP contribution < -0.4 is 16.4 Å². The van der Waals surface area contributed by atoms with E-state index in [1.165, 1.54) is 0 Å². The number of nitrogens with one attached hydrogen (secondary N) is 2. The van der Waals surface area contributed by atoms with Gasteiger partial charge in [0.25, 0.3) is 0 Å². The molecule has 0 aliphatic rings. The molecule has 6 heteroatoms. The second-order valence-electron chi connectivity index (χ2n) is 3.00. The quantitative estimate of drug-likeness (QED) is 0.169. The van der Waals surface area contributed by atoms with Crippen LogP contribution in [0.25, 0.3) is 0 Å². The number of nitrogens with zero attached hydrogens (tertiary/aromatic N) is 1. The van der Waals surface area contributed by atoms with Gasteiger partial charge < -0.3 is 21.6 Å². The van der Waals surface area contributed by atoms with Gasteiger partial charge in [-0.1, -0.05) is 18.5 Å². The number of amides is 2. The Morgan fingerprint density at radius 3 is 2.79 bits per heavy atom. The van der Waals surface area contributed by atoms with Gasteiger partial charge in [0.1, 0.15) is 0 Å². The summed E-state index contributed by atoms with van der Waals surface area (Å²) < 4.78 is 0. The van der Waals surface area contributed by atoms with Crippen LogP contribution in [0, 0.1) is 0 Å². The Morgan fingerprint density at radius 2 is 2.29 bits per heavy atom. The smallest absolute Gasteiger partial charge is 0.315 e. The number of carbonyl (C=O) groups is 1. The first-order valence-electron chi connectivity index (χ1n) is 4.63. The third kappa shape index (κ3) is 5.23. The predicted octanol–water partition coefficient (Wildman–Crippen LogP) is 0.221. The van der Waals surface area contributed by atoms with Crippen LogP contribution >= 0.6 is 0 Å². The summed E-state index contributed by atoms with van der Waals surface area (Å²) in [4.78, 5) is 11.1. The van der Waals surface area contributed by atoms with Crippen molar-refractivity contribution in [2.75, 3.05) is 6.54 Å². The van der Waals surface area contributed by atoms with Crippen LogP contribution in [0.5, 0.6) is 0 Å². The number of carbonyl (C=O) groups excluding carboxylic acids is 1. The van der Waals surface area contributed by atoms with Crippen molar-refractivity contribution in [2.24, 2.45) is 10.9 Å². The highest BCUT2D eigenvalue weighted by molar-refractivity contribution is 5.89. The molecular weight excluding hydrogens is 184 g/mol. The number of hydrogen-bond acceptors (Lipinski definition) is 3. The number of oxime groups is 1. The van der Waals surface area contributed by atoms with Crippen molar-refractivity contribution in [2.45, 2.75) is 32.7 Å². The van der Waals surface area contributed by atoms with E-state index in [1.807, 2.05) is 6.92 Å². The fraction of sp³-hybridized carbons (Fsp3) is 0.750. The molecule has 1 unspecified atom stereocenters. The van der Waals surface area contributed by atoms with Crippen molar-refractivity contribution in [3.05, 3.63) is 0 Å². The van der Waals surface area contributed by atoms with Crippen molar-refractivity contribution in [3.8, 4) is 0 Å². The Labute approximate surface area is 83.5 Å². The first-order valence-corrected chi connectivity index (χ1v) is 4.63. The van der Waals surface area contributed by atoms with E-state index < -0.39 is 6.04 Å². The molecule has 0 aliphatic heterocycles. The van der Waals surface area contributed by atoms with Crippen LogP contribution in [-0.4, -0.2) is 29.7 Å². The Balaban J connectivity index is 3.71. The van der Waals surface area contributed by atoms with E-state index in [4.69, 9.17) is 10.9 Å². The molecule has 14 heavy (non-hydrogen) atoms. The molecular formula is C8H18N4O2. The highest BCUT2D eigenvalue weighted by atomic mass is 16.4. The van der Waals surface area contributed by atoms with Gasteiger partial charge in [0.05, 0.1) is 6.04 Å². The standard InChI is InChI=1S/C8H18N4O2/c1-3-4-5-10-8(13)11-6(2)7(9)12-14/h6,14H,3-5H2,1-2H3,(H2,9,12)(H2,10,11,13). The fourth-order valence-electron chi connectivity index (χ4n) is 0.787. The van der Waals surface area contributed by atoms with Gasteiger partial charge in [-0.05, 0) is 13.3 Å². The molecule has 82 valence electrons. The predicted molar refractivity (Wildman–Crippen MR) is 54.3 cm³/mol. The molecule has 0 aromatic carbocycles. The molecule has 2 amide bonds. The maximum absolute atomic E-state index is 11.1. The molecule has 0 fully saturated rings. The molecule has 6 nitrogen and oxygen atoms in total. The fourth-order valence-corrected chi connectivity index (χ4v) is 0.787. The molecule has 0 saturated carbocycles. The number of nitrogens with two attached hydrogens (primary N) is 1. The average Bonchev–Trinajstić information content (AvgIpc) is 2.16. The van der Waals surface area contributed by atoms with Crippen molar-refractivity contribution >= 4 is 11.9 Å². The van der Waals surface area contributed by atoms with Crippen LogP contribution in [0.4, 0.5) is 4.79 Å². The van der Waals surface area contributed by atoms with E-state index in [0.29, 0.717) is 6.54 Å². The molecule has 0 spiro atoms. The minimum atomic E-state index is -0.471. The lowest BCUT2D eigenvalue weighted by Gasteiger charge is -2.12. The summed E-state index contributed by atoms with van der Waals surface area (Å²) in [5.74, 6) is -0.0179. The van der Waals surface area contributed by atoms with Crippen LogP contribution in [0.15, 0.2) is 5.16 Å². The van der Waals surface area contributed by atoms with E-state index in [9.17, 15) is 4.79 Å². The van der Waals surface area contributed by atoms with E-state index in [1.54, 1.807) is 6.92 Å². The van der Waals surface area contributed by atoms with Gasteiger partial charge in [-0.15, -0.1) is 0 Å². The van der Waals surface area contributed by atoms with Gasteiger partial charge in [0.2, 0.25) is 0 Å². The van der Waals surface area contributed by atoms with Crippen LogP contribution in [0.3, 0.4) is 0 Å². The first-order chi connectivity index (χ1) is 6.61. The molecule has 0 aromatic heterocycles. The highest BCUT2D eigenvalue weighted by Crippen LogP contribution is 1.84. The summed E-state index contributed by atoms with van der Waals surface area (Å²) in [6.45, 7) is 4.30. The lowest BCUT2D eigenvalue weighted by molar-refractivity contribution is 0.239. The normalized spacial score (nSPS) is 13.4. The molecule has 0 radical (unpaired) electrons. The zero-order valence-corrected chi connectivity index (χ0v) is 8.58.